The van der Waals surface area contributed by atoms with Crippen molar-refractivity contribution in [3.63, 3.8) is 0 Å². The lowest BCUT2D eigenvalue weighted by Gasteiger charge is -2.26. The molecule has 3 heterocycles. The van der Waals surface area contributed by atoms with E-state index in [-0.39, 0.29) is 11.7 Å². The molecule has 0 spiro atoms. The zero-order valence-corrected chi connectivity index (χ0v) is 14.9. The molecule has 1 atom stereocenters. The van der Waals surface area contributed by atoms with Crippen LogP contribution in [0, 0.1) is 0 Å². The highest BCUT2D eigenvalue weighted by Gasteiger charge is 2.42. The number of rotatable bonds is 6. The number of nitrogens with one attached hydrogen (secondary N) is 1. The predicted octanol–water partition coefficient (Wildman–Crippen LogP) is 2.58. The fraction of sp³-hybridized carbons (Fsp3) is 0.263. The van der Waals surface area contributed by atoms with Crippen LogP contribution in [0.15, 0.2) is 41.0 Å². The van der Waals surface area contributed by atoms with Crippen molar-refractivity contribution in [2.75, 3.05) is 27.4 Å². The number of phenolic OH excluding ortho intramolecular Hbond substituents is 1. The molecule has 1 aliphatic heterocycles. The van der Waals surface area contributed by atoms with Gasteiger partial charge in [0, 0.05) is 19.2 Å². The van der Waals surface area contributed by atoms with Crippen LogP contribution in [0.25, 0.3) is 11.5 Å². The highest BCUT2D eigenvalue weighted by Crippen LogP contribution is 2.44. The van der Waals surface area contributed by atoms with E-state index in [0.29, 0.717) is 36.0 Å². The van der Waals surface area contributed by atoms with Gasteiger partial charge in [0.1, 0.15) is 5.69 Å². The second-order valence-corrected chi connectivity index (χ2v) is 6.16. The lowest BCUT2D eigenvalue weighted by atomic mass is 9.97. The van der Waals surface area contributed by atoms with Gasteiger partial charge in [0.2, 0.25) is 0 Å². The average molecular weight is 369 g/mol. The Balaban J connectivity index is 1.87. The van der Waals surface area contributed by atoms with Crippen molar-refractivity contribution in [3.05, 3.63) is 53.4 Å². The van der Waals surface area contributed by atoms with Crippen molar-refractivity contribution >= 4 is 5.91 Å². The smallest absolute Gasteiger partial charge is 0.275 e. The quantitative estimate of drug-likeness (QED) is 0.693. The predicted molar refractivity (Wildman–Crippen MR) is 95.7 cm³/mol. The normalized spacial score (nSPS) is 16.0. The van der Waals surface area contributed by atoms with Crippen molar-refractivity contribution in [2.24, 2.45) is 0 Å². The molecule has 0 aliphatic carbocycles. The lowest BCUT2D eigenvalue weighted by molar-refractivity contribution is 0.0677. The number of aromatic hydroxyl groups is 1. The molecule has 2 N–H and O–H groups in total. The number of H-pyrrole nitrogens is 1. The summed E-state index contributed by atoms with van der Waals surface area (Å²) in [6.45, 7) is 0.790. The maximum absolute atomic E-state index is 13.0. The number of benzene rings is 1. The third kappa shape index (κ3) is 2.74. The molecule has 3 aromatic rings. The van der Waals surface area contributed by atoms with Gasteiger partial charge in [-0.15, -0.1) is 0 Å². The zero-order chi connectivity index (χ0) is 19.0. The number of phenols is 1. The number of aromatic nitrogens is 2. The average Bonchev–Trinajstić information content (AvgIpc) is 3.39. The largest absolute Gasteiger partial charge is 0.504 e. The summed E-state index contributed by atoms with van der Waals surface area (Å²) in [4.78, 5) is 14.7. The number of amides is 1. The van der Waals surface area contributed by atoms with Crippen molar-refractivity contribution in [2.45, 2.75) is 6.04 Å². The summed E-state index contributed by atoms with van der Waals surface area (Å²) in [7, 11) is 3.07. The molecule has 8 heteroatoms. The fourth-order valence-corrected chi connectivity index (χ4v) is 3.43. The van der Waals surface area contributed by atoms with Crippen LogP contribution < -0.4 is 4.74 Å². The Morgan fingerprint density at radius 2 is 2.19 bits per heavy atom. The molecule has 0 fully saturated rings. The van der Waals surface area contributed by atoms with E-state index in [2.05, 4.69) is 10.2 Å². The summed E-state index contributed by atoms with van der Waals surface area (Å²) in [5, 5.41) is 17.1. The number of aromatic amines is 1. The van der Waals surface area contributed by atoms with Gasteiger partial charge in [0.25, 0.3) is 5.91 Å². The Morgan fingerprint density at radius 3 is 2.89 bits per heavy atom. The number of furan rings is 1. The van der Waals surface area contributed by atoms with E-state index in [1.165, 1.54) is 7.11 Å². The Morgan fingerprint density at radius 1 is 1.33 bits per heavy atom. The maximum Gasteiger partial charge on any atom is 0.275 e. The molecular formula is C19H19N3O5. The summed E-state index contributed by atoms with van der Waals surface area (Å²) < 4.78 is 15.9. The first-order valence-corrected chi connectivity index (χ1v) is 8.44. The van der Waals surface area contributed by atoms with Crippen LogP contribution in [0.5, 0.6) is 11.5 Å². The van der Waals surface area contributed by atoms with Crippen molar-refractivity contribution in [1.82, 2.24) is 15.1 Å². The number of fused-ring (bicyclic) bond motifs is 1. The highest BCUT2D eigenvalue weighted by molar-refractivity contribution is 6.00. The van der Waals surface area contributed by atoms with Gasteiger partial charge < -0.3 is 23.9 Å². The minimum atomic E-state index is -0.406. The molecule has 1 amide bonds. The molecule has 0 bridgehead atoms. The molecule has 4 rings (SSSR count). The van der Waals surface area contributed by atoms with Gasteiger partial charge in [0.05, 0.1) is 26.0 Å². The number of methoxy groups -OCH3 is 2. The van der Waals surface area contributed by atoms with Crippen molar-refractivity contribution in [3.8, 4) is 23.0 Å². The molecule has 0 unspecified atom stereocenters. The third-order valence-electron chi connectivity index (χ3n) is 4.68. The first-order valence-electron chi connectivity index (χ1n) is 8.44. The Labute approximate surface area is 155 Å². The first kappa shape index (κ1) is 17.2. The van der Waals surface area contributed by atoms with Crippen LogP contribution >= 0.6 is 0 Å². The molecule has 0 radical (unpaired) electrons. The van der Waals surface area contributed by atoms with Crippen LogP contribution in [0.2, 0.25) is 0 Å². The summed E-state index contributed by atoms with van der Waals surface area (Å²) >= 11 is 0. The monoisotopic (exact) mass is 369 g/mol. The van der Waals surface area contributed by atoms with Gasteiger partial charge in [0.15, 0.2) is 23.0 Å². The molecule has 2 aromatic heterocycles. The molecule has 140 valence electrons. The van der Waals surface area contributed by atoms with Crippen LogP contribution in [0.3, 0.4) is 0 Å². The summed E-state index contributed by atoms with van der Waals surface area (Å²) in [6.07, 6.45) is 1.57. The Bertz CT molecular complexity index is 964. The van der Waals surface area contributed by atoms with E-state index in [0.717, 1.165) is 11.1 Å². The molecule has 27 heavy (non-hydrogen) atoms. The molecule has 1 aromatic carbocycles. The maximum atomic E-state index is 13.0. The van der Waals surface area contributed by atoms with Gasteiger partial charge in [-0.25, -0.2) is 0 Å². The first-order chi connectivity index (χ1) is 13.2. The summed E-state index contributed by atoms with van der Waals surface area (Å²) in [5.74, 6) is 0.782. The summed E-state index contributed by atoms with van der Waals surface area (Å²) in [5.41, 5.74) is 2.54. The second-order valence-electron chi connectivity index (χ2n) is 6.16. The van der Waals surface area contributed by atoms with Gasteiger partial charge in [-0.2, -0.15) is 5.10 Å². The molecule has 0 saturated carbocycles. The van der Waals surface area contributed by atoms with Crippen molar-refractivity contribution in [1.29, 1.82) is 0 Å². The minimum Gasteiger partial charge on any atom is -0.504 e. The summed E-state index contributed by atoms with van der Waals surface area (Å²) in [6, 6.07) is 8.23. The van der Waals surface area contributed by atoms with Crippen LogP contribution in [0.4, 0.5) is 0 Å². The van der Waals surface area contributed by atoms with Crippen LogP contribution in [-0.2, 0) is 4.74 Å². The number of ether oxygens (including phenoxy) is 2. The number of nitrogens with zero attached hydrogens (tertiary/aromatic N) is 2. The fourth-order valence-electron chi connectivity index (χ4n) is 3.43. The van der Waals surface area contributed by atoms with E-state index in [1.807, 2.05) is 6.07 Å². The number of hydrogen-bond acceptors (Lipinski definition) is 6. The third-order valence-corrected chi connectivity index (χ3v) is 4.68. The van der Waals surface area contributed by atoms with E-state index < -0.39 is 6.04 Å². The number of hydrogen-bond donors (Lipinski definition) is 2. The minimum absolute atomic E-state index is 0.0349. The van der Waals surface area contributed by atoms with E-state index >= 15 is 0 Å². The number of carbonyl (C=O) groups excluding carboxylic acids is 1. The van der Waals surface area contributed by atoms with Gasteiger partial charge in [-0.1, -0.05) is 6.07 Å². The Kier molecular flexibility index (Phi) is 4.33. The van der Waals surface area contributed by atoms with Gasteiger partial charge >= 0.3 is 0 Å². The molecule has 0 saturated heterocycles. The Hall–Kier alpha value is -3.26. The van der Waals surface area contributed by atoms with Gasteiger partial charge in [-0.05, 0) is 29.8 Å². The lowest BCUT2D eigenvalue weighted by Crippen LogP contribution is -2.32. The SMILES string of the molecule is COCCN1C(=O)c2n[nH]c(-c3ccco3)c2[C@H]1c1ccc(O)c(OC)c1. The van der Waals surface area contributed by atoms with Gasteiger partial charge in [-0.3, -0.25) is 9.89 Å². The number of carbonyl (C=O) groups is 1. The second kappa shape index (κ2) is 6.81. The van der Waals surface area contributed by atoms with Crippen LogP contribution in [-0.4, -0.2) is 53.5 Å². The zero-order valence-electron chi connectivity index (χ0n) is 14.9. The molecule has 1 aliphatic rings. The molecule has 8 nitrogen and oxygen atoms in total. The van der Waals surface area contributed by atoms with Crippen LogP contribution in [0.1, 0.15) is 27.7 Å². The highest BCUT2D eigenvalue weighted by atomic mass is 16.5. The molecular weight excluding hydrogens is 350 g/mol. The van der Waals surface area contributed by atoms with E-state index in [1.54, 1.807) is 42.5 Å². The van der Waals surface area contributed by atoms with Crippen molar-refractivity contribution < 1.29 is 23.8 Å². The van der Waals surface area contributed by atoms with E-state index in [4.69, 9.17) is 13.9 Å². The van der Waals surface area contributed by atoms with E-state index in [9.17, 15) is 9.90 Å². The standard InChI is InChI=1S/C19H19N3O5/c1-25-9-7-22-18(11-5-6-12(23)14(10-11)26-2)15-16(13-4-3-8-27-13)20-21-17(15)19(22)24/h3-6,8,10,18,23H,7,9H2,1-2H3,(H,20,21)/t18-/m1/s1. The topological polar surface area (TPSA) is 101 Å².